The molecule has 0 spiro atoms. The van der Waals surface area contributed by atoms with Gasteiger partial charge in [-0.2, -0.15) is 4.57 Å². The van der Waals surface area contributed by atoms with Crippen LogP contribution in [0.25, 0.3) is 5.70 Å². The summed E-state index contributed by atoms with van der Waals surface area (Å²) in [6, 6.07) is 9.81. The van der Waals surface area contributed by atoms with Crippen LogP contribution >= 0.6 is 11.3 Å². The molecule has 3 aromatic rings. The van der Waals surface area contributed by atoms with Gasteiger partial charge in [0.05, 0.1) is 6.04 Å². The number of β-lactam (4-membered cyclic amide) rings is 1. The number of carbonyl (C=O) groups is 3. The molecular weight excluding hydrogens is 520 g/mol. The van der Waals surface area contributed by atoms with E-state index in [2.05, 4.69) is 15.5 Å². The SMILES string of the molecule is Cc1cc[n+](C2=C(C(=O)O)N3C(=O)[C@H](NC(=O)/C(=N\OCc4ccccc4)c4csc(N)n4)C3CC2)cc1C. The fraction of sp³-hybridized carbons (Fsp3) is 0.259. The maximum atomic E-state index is 13.3. The minimum Gasteiger partial charge on any atom is -0.476 e. The number of aryl methyl sites for hydroxylation is 2. The second-order valence-corrected chi connectivity index (χ2v) is 10.2. The smallest absolute Gasteiger partial charge is 0.359 e. The monoisotopic (exact) mass is 547 g/mol. The predicted molar refractivity (Wildman–Crippen MR) is 143 cm³/mol. The Balaban J connectivity index is 1.36. The Morgan fingerprint density at radius 3 is 2.69 bits per heavy atom. The third-order valence-corrected chi connectivity index (χ3v) is 7.54. The van der Waals surface area contributed by atoms with Crippen molar-refractivity contribution in [1.29, 1.82) is 0 Å². The highest BCUT2D eigenvalue weighted by molar-refractivity contribution is 7.13. The maximum Gasteiger partial charge on any atom is 0.359 e. The van der Waals surface area contributed by atoms with Crippen molar-refractivity contribution in [2.75, 3.05) is 5.73 Å². The van der Waals surface area contributed by atoms with Gasteiger partial charge < -0.3 is 21.0 Å². The molecule has 200 valence electrons. The number of nitrogen functional groups attached to an aromatic ring is 1. The lowest BCUT2D eigenvalue weighted by molar-refractivity contribution is -0.585. The molecule has 39 heavy (non-hydrogen) atoms. The standard InChI is InChI=1S/C27H26N6O5S/c1-15-10-11-32(12-16(15)2)20-9-8-19-22(25(35)33(19)23(20)26(36)37)30-24(34)21(18-14-39-27(28)29-18)31-38-13-17-6-4-3-5-7-17/h3-7,10-12,14,19,22H,8-9,13H2,1-2H3,(H3-,28,29,30,34,36,37)/p+1/b31-21-/t19?,22-/m1/s1. The number of nitrogens with two attached hydrogens (primary N) is 1. The van der Waals surface area contributed by atoms with Crippen LogP contribution in [0.5, 0.6) is 0 Å². The number of oxime groups is 1. The van der Waals surface area contributed by atoms with E-state index in [0.717, 1.165) is 28.0 Å². The number of carbonyl (C=O) groups excluding carboxylic acids is 2. The van der Waals surface area contributed by atoms with Gasteiger partial charge in [-0.05, 0) is 31.4 Å². The second-order valence-electron chi connectivity index (χ2n) is 9.35. The molecule has 1 aromatic carbocycles. The number of carboxylic acid groups (broad SMARTS) is 1. The molecule has 11 nitrogen and oxygen atoms in total. The summed E-state index contributed by atoms with van der Waals surface area (Å²) in [7, 11) is 0. The first kappa shape index (κ1) is 26.0. The van der Waals surface area contributed by atoms with Crippen LogP contribution in [0.3, 0.4) is 0 Å². The number of aromatic nitrogens is 2. The van der Waals surface area contributed by atoms with Crippen LogP contribution in [0.2, 0.25) is 0 Å². The van der Waals surface area contributed by atoms with Crippen LogP contribution in [0.4, 0.5) is 5.13 Å². The quantitative estimate of drug-likeness (QED) is 0.169. The van der Waals surface area contributed by atoms with E-state index in [9.17, 15) is 19.5 Å². The molecule has 4 heterocycles. The molecular formula is C27H27N6O5S+. The van der Waals surface area contributed by atoms with Gasteiger partial charge in [-0.15, -0.1) is 11.3 Å². The molecule has 0 radical (unpaired) electrons. The van der Waals surface area contributed by atoms with Gasteiger partial charge >= 0.3 is 5.97 Å². The average Bonchev–Trinajstić information content (AvgIpc) is 3.36. The zero-order valence-corrected chi connectivity index (χ0v) is 22.1. The first-order valence-electron chi connectivity index (χ1n) is 12.3. The number of fused-ring (bicyclic) bond motifs is 1. The van der Waals surface area contributed by atoms with E-state index in [1.807, 2.05) is 56.4 Å². The number of thiazole rings is 1. The fourth-order valence-corrected chi connectivity index (χ4v) is 5.24. The number of anilines is 1. The number of rotatable bonds is 8. The minimum atomic E-state index is -1.20. The van der Waals surface area contributed by atoms with Crippen LogP contribution in [-0.2, 0) is 25.8 Å². The van der Waals surface area contributed by atoms with Crippen LogP contribution in [-0.4, -0.2) is 50.6 Å². The molecule has 2 aliphatic rings. The third kappa shape index (κ3) is 5.10. The summed E-state index contributed by atoms with van der Waals surface area (Å²) >= 11 is 1.14. The van der Waals surface area contributed by atoms with Crippen LogP contribution in [0, 0.1) is 13.8 Å². The molecule has 0 aliphatic carbocycles. The molecule has 12 heteroatoms. The Kier molecular flexibility index (Phi) is 7.11. The van der Waals surface area contributed by atoms with Gasteiger partial charge in [0.2, 0.25) is 5.70 Å². The number of pyridine rings is 1. The molecule has 0 saturated carbocycles. The average molecular weight is 548 g/mol. The highest BCUT2D eigenvalue weighted by atomic mass is 32.1. The van der Waals surface area contributed by atoms with E-state index in [0.29, 0.717) is 18.5 Å². The van der Waals surface area contributed by atoms with Crippen LogP contribution in [0.15, 0.2) is 65.0 Å². The number of allylic oxidation sites excluding steroid dienone is 1. The Bertz CT molecular complexity index is 1520. The lowest BCUT2D eigenvalue weighted by Crippen LogP contribution is -2.72. The van der Waals surface area contributed by atoms with Crippen LogP contribution in [0.1, 0.15) is 35.2 Å². The Labute approximate surface area is 228 Å². The molecule has 1 fully saturated rings. The van der Waals surface area contributed by atoms with Gasteiger partial charge in [-0.25, -0.2) is 9.78 Å². The molecule has 1 unspecified atom stereocenters. The van der Waals surface area contributed by atoms with Gasteiger partial charge in [-0.1, -0.05) is 35.5 Å². The van der Waals surface area contributed by atoms with Crippen molar-refractivity contribution >= 4 is 45.7 Å². The van der Waals surface area contributed by atoms with Crippen molar-refractivity contribution in [3.8, 4) is 0 Å². The Morgan fingerprint density at radius 1 is 1.26 bits per heavy atom. The summed E-state index contributed by atoms with van der Waals surface area (Å²) in [5, 5.41) is 18.6. The van der Waals surface area contributed by atoms with Crippen molar-refractivity contribution in [1.82, 2.24) is 15.2 Å². The summed E-state index contributed by atoms with van der Waals surface area (Å²) in [5.41, 5.74) is 9.23. The highest BCUT2D eigenvalue weighted by Gasteiger charge is 2.55. The van der Waals surface area contributed by atoms with Gasteiger partial charge in [0.15, 0.2) is 28.9 Å². The van der Waals surface area contributed by atoms with Gasteiger partial charge in [0, 0.05) is 23.4 Å². The lowest BCUT2D eigenvalue weighted by atomic mass is 9.85. The van der Waals surface area contributed by atoms with Gasteiger partial charge in [0.1, 0.15) is 18.3 Å². The molecule has 1 saturated heterocycles. The topological polar surface area (TPSA) is 151 Å². The normalized spacial score (nSPS) is 18.9. The summed E-state index contributed by atoms with van der Waals surface area (Å²) in [4.78, 5) is 49.6. The van der Waals surface area contributed by atoms with E-state index in [4.69, 9.17) is 10.6 Å². The van der Waals surface area contributed by atoms with Crippen molar-refractivity contribution in [3.05, 3.63) is 82.3 Å². The number of nitrogens with one attached hydrogen (secondary N) is 1. The zero-order chi connectivity index (χ0) is 27.7. The Hall–Kier alpha value is -4.58. The van der Waals surface area contributed by atoms with E-state index in [1.54, 1.807) is 16.1 Å². The predicted octanol–water partition coefficient (Wildman–Crippen LogP) is 1.99. The number of benzene rings is 1. The van der Waals surface area contributed by atoms with Crippen molar-refractivity contribution in [2.24, 2.45) is 5.16 Å². The fourth-order valence-electron chi connectivity index (χ4n) is 4.70. The number of nitrogens with zero attached hydrogens (tertiary/aromatic N) is 4. The molecule has 2 aromatic heterocycles. The zero-order valence-electron chi connectivity index (χ0n) is 21.3. The molecule has 2 atom stereocenters. The molecule has 0 bridgehead atoms. The number of amides is 2. The first-order valence-corrected chi connectivity index (χ1v) is 13.2. The van der Waals surface area contributed by atoms with Crippen molar-refractivity contribution < 1.29 is 28.9 Å². The van der Waals surface area contributed by atoms with E-state index in [1.165, 1.54) is 4.90 Å². The largest absolute Gasteiger partial charge is 0.476 e. The van der Waals surface area contributed by atoms with Crippen molar-refractivity contribution in [3.63, 3.8) is 0 Å². The highest BCUT2D eigenvalue weighted by Crippen LogP contribution is 2.37. The molecule has 4 N–H and O–H groups in total. The first-order chi connectivity index (χ1) is 18.7. The summed E-state index contributed by atoms with van der Waals surface area (Å²) in [6.45, 7) is 4.04. The maximum absolute atomic E-state index is 13.3. The minimum absolute atomic E-state index is 0.0811. The summed E-state index contributed by atoms with van der Waals surface area (Å²) < 4.78 is 1.75. The van der Waals surface area contributed by atoms with E-state index >= 15 is 0 Å². The second kappa shape index (κ2) is 10.7. The lowest BCUT2D eigenvalue weighted by Gasteiger charge is -2.48. The van der Waals surface area contributed by atoms with Gasteiger partial charge in [-0.3, -0.25) is 14.5 Å². The van der Waals surface area contributed by atoms with E-state index < -0.39 is 29.9 Å². The summed E-state index contributed by atoms with van der Waals surface area (Å²) in [5.74, 6) is -2.37. The molecule has 2 amide bonds. The van der Waals surface area contributed by atoms with Crippen LogP contribution < -0.4 is 15.6 Å². The number of hydrogen-bond acceptors (Lipinski definition) is 8. The van der Waals surface area contributed by atoms with Crippen molar-refractivity contribution in [2.45, 2.75) is 45.4 Å². The van der Waals surface area contributed by atoms with E-state index in [-0.39, 0.29) is 28.8 Å². The Morgan fingerprint density at radius 2 is 2.03 bits per heavy atom. The third-order valence-electron chi connectivity index (χ3n) is 6.86. The molecule has 2 aliphatic heterocycles. The van der Waals surface area contributed by atoms with Gasteiger partial charge in [0.25, 0.3) is 11.8 Å². The number of hydrogen-bond donors (Lipinski definition) is 3. The molecule has 5 rings (SSSR count). The number of aliphatic carboxylic acids is 1. The number of carboxylic acids is 1. The summed E-state index contributed by atoms with van der Waals surface area (Å²) in [6.07, 6.45) is 4.54.